The highest BCUT2D eigenvalue weighted by Crippen LogP contribution is 2.36. The van der Waals surface area contributed by atoms with Gasteiger partial charge in [0.15, 0.2) is 29.0 Å². The molecular weight excluding hydrogens is 425 g/mol. The van der Waals surface area contributed by atoms with Crippen LogP contribution in [0, 0.1) is 17.5 Å². The predicted octanol–water partition coefficient (Wildman–Crippen LogP) is 4.31. The summed E-state index contributed by atoms with van der Waals surface area (Å²) in [4.78, 5) is 24.3. The number of amides is 2. The minimum atomic E-state index is -1.71. The smallest absolute Gasteiger partial charge is 0.251 e. The zero-order valence-corrected chi connectivity index (χ0v) is 17.0. The summed E-state index contributed by atoms with van der Waals surface area (Å²) in [6.45, 7) is 3.85. The van der Waals surface area contributed by atoms with Gasteiger partial charge < -0.3 is 20.1 Å². The zero-order chi connectivity index (χ0) is 22.3. The molecule has 0 unspecified atom stereocenters. The van der Waals surface area contributed by atoms with E-state index < -0.39 is 41.5 Å². The molecule has 0 aliphatic rings. The van der Waals surface area contributed by atoms with Crippen molar-refractivity contribution in [3.05, 3.63) is 52.3 Å². The molecular formula is C20H20ClF3N2O4. The lowest BCUT2D eigenvalue weighted by atomic mass is 10.2. The van der Waals surface area contributed by atoms with E-state index in [1.54, 1.807) is 6.92 Å². The number of carbonyl (C=O) groups is 2. The first-order chi connectivity index (χ1) is 14.3. The van der Waals surface area contributed by atoms with Gasteiger partial charge >= 0.3 is 0 Å². The molecule has 0 aromatic heterocycles. The molecule has 2 rings (SSSR count). The highest BCUT2D eigenvalue weighted by molar-refractivity contribution is 6.32. The topological polar surface area (TPSA) is 76.7 Å². The van der Waals surface area contributed by atoms with Crippen molar-refractivity contribution in [2.24, 2.45) is 0 Å². The Labute approximate surface area is 176 Å². The molecule has 0 saturated carbocycles. The van der Waals surface area contributed by atoms with Crippen LogP contribution in [0.15, 0.2) is 24.3 Å². The van der Waals surface area contributed by atoms with Crippen LogP contribution in [0.1, 0.15) is 30.6 Å². The van der Waals surface area contributed by atoms with Crippen molar-refractivity contribution in [2.75, 3.05) is 25.1 Å². The summed E-state index contributed by atoms with van der Waals surface area (Å²) in [6.07, 6.45) is 0.748. The average molecular weight is 445 g/mol. The van der Waals surface area contributed by atoms with Gasteiger partial charge in [0.1, 0.15) is 0 Å². The molecule has 0 saturated heterocycles. The second-order valence-electron chi connectivity index (χ2n) is 6.02. The summed E-state index contributed by atoms with van der Waals surface area (Å²) in [5.74, 6) is -5.54. The fourth-order valence-electron chi connectivity index (χ4n) is 2.39. The SMILES string of the molecule is CCCOc1c(Cl)cc(C(=O)NCC(=O)Nc2ccc(F)c(F)c2F)cc1OCC. The highest BCUT2D eigenvalue weighted by Gasteiger charge is 2.18. The van der Waals surface area contributed by atoms with Crippen molar-refractivity contribution >= 4 is 29.1 Å². The molecule has 10 heteroatoms. The molecule has 2 N–H and O–H groups in total. The minimum Gasteiger partial charge on any atom is -0.490 e. The van der Waals surface area contributed by atoms with E-state index in [0.717, 1.165) is 12.5 Å². The second kappa shape index (κ2) is 10.7. The maximum absolute atomic E-state index is 13.6. The van der Waals surface area contributed by atoms with Crippen molar-refractivity contribution in [3.63, 3.8) is 0 Å². The zero-order valence-electron chi connectivity index (χ0n) is 16.3. The lowest BCUT2D eigenvalue weighted by Crippen LogP contribution is -2.33. The molecule has 2 amide bonds. The maximum atomic E-state index is 13.6. The average Bonchev–Trinajstić information content (AvgIpc) is 2.72. The van der Waals surface area contributed by atoms with Crippen LogP contribution < -0.4 is 20.1 Å². The molecule has 6 nitrogen and oxygen atoms in total. The molecule has 30 heavy (non-hydrogen) atoms. The third kappa shape index (κ3) is 5.79. The number of nitrogens with one attached hydrogen (secondary N) is 2. The van der Waals surface area contributed by atoms with Gasteiger partial charge in [-0.2, -0.15) is 0 Å². The normalized spacial score (nSPS) is 10.5. The van der Waals surface area contributed by atoms with Gasteiger partial charge in [-0.25, -0.2) is 13.2 Å². The van der Waals surface area contributed by atoms with Gasteiger partial charge in [-0.05, 0) is 37.6 Å². The lowest BCUT2D eigenvalue weighted by Gasteiger charge is -2.15. The molecule has 0 bridgehead atoms. The van der Waals surface area contributed by atoms with E-state index in [2.05, 4.69) is 10.6 Å². The van der Waals surface area contributed by atoms with Crippen LogP contribution in [0.25, 0.3) is 0 Å². The summed E-state index contributed by atoms with van der Waals surface area (Å²) < 4.78 is 50.8. The predicted molar refractivity (Wildman–Crippen MR) is 106 cm³/mol. The van der Waals surface area contributed by atoms with Gasteiger partial charge in [0.2, 0.25) is 5.91 Å². The molecule has 0 radical (unpaired) electrons. The minimum absolute atomic E-state index is 0.110. The first kappa shape index (κ1) is 23.3. The molecule has 0 fully saturated rings. The van der Waals surface area contributed by atoms with Gasteiger partial charge in [0.25, 0.3) is 5.91 Å². The monoisotopic (exact) mass is 444 g/mol. The van der Waals surface area contributed by atoms with Crippen LogP contribution in [0.3, 0.4) is 0 Å². The molecule has 0 spiro atoms. The van der Waals surface area contributed by atoms with Crippen LogP contribution in [0.5, 0.6) is 11.5 Å². The van der Waals surface area contributed by atoms with E-state index in [4.69, 9.17) is 21.1 Å². The maximum Gasteiger partial charge on any atom is 0.251 e. The fourth-order valence-corrected chi connectivity index (χ4v) is 2.65. The largest absolute Gasteiger partial charge is 0.490 e. The van der Waals surface area contributed by atoms with Crippen LogP contribution in [-0.2, 0) is 4.79 Å². The van der Waals surface area contributed by atoms with Crippen LogP contribution in [-0.4, -0.2) is 31.6 Å². The Morgan fingerprint density at radius 3 is 2.47 bits per heavy atom. The van der Waals surface area contributed by atoms with Gasteiger partial charge in [-0.1, -0.05) is 18.5 Å². The summed E-state index contributed by atoms with van der Waals surface area (Å²) in [6, 6.07) is 4.32. The Balaban J connectivity index is 2.06. The van der Waals surface area contributed by atoms with E-state index in [1.165, 1.54) is 12.1 Å². The van der Waals surface area contributed by atoms with E-state index in [9.17, 15) is 22.8 Å². The van der Waals surface area contributed by atoms with E-state index in [-0.39, 0.29) is 16.3 Å². The van der Waals surface area contributed by atoms with Crippen molar-refractivity contribution in [2.45, 2.75) is 20.3 Å². The van der Waals surface area contributed by atoms with E-state index in [0.29, 0.717) is 25.0 Å². The molecule has 0 heterocycles. The van der Waals surface area contributed by atoms with Crippen molar-refractivity contribution in [1.82, 2.24) is 5.32 Å². The Kier molecular flexibility index (Phi) is 8.35. The summed E-state index contributed by atoms with van der Waals surface area (Å²) >= 11 is 6.19. The lowest BCUT2D eigenvalue weighted by molar-refractivity contribution is -0.115. The quantitative estimate of drug-likeness (QED) is 0.565. The number of rotatable bonds is 9. The van der Waals surface area contributed by atoms with Gasteiger partial charge in [0, 0.05) is 5.56 Å². The molecule has 2 aromatic carbocycles. The number of carbonyl (C=O) groups excluding carboxylic acids is 2. The Morgan fingerprint density at radius 2 is 1.80 bits per heavy atom. The number of halogens is 4. The molecule has 0 atom stereocenters. The Morgan fingerprint density at radius 1 is 1.07 bits per heavy atom. The van der Waals surface area contributed by atoms with Crippen LogP contribution in [0.2, 0.25) is 5.02 Å². The summed E-state index contributed by atoms with van der Waals surface area (Å²) in [5.41, 5.74) is -0.439. The van der Waals surface area contributed by atoms with Gasteiger partial charge in [-0.15, -0.1) is 0 Å². The van der Waals surface area contributed by atoms with Gasteiger partial charge in [-0.3, -0.25) is 9.59 Å². The summed E-state index contributed by atoms with van der Waals surface area (Å²) in [7, 11) is 0. The van der Waals surface area contributed by atoms with Gasteiger partial charge in [0.05, 0.1) is 30.5 Å². The first-order valence-electron chi connectivity index (χ1n) is 9.09. The molecule has 2 aromatic rings. The Hall–Kier alpha value is -2.94. The number of hydrogen-bond donors (Lipinski definition) is 2. The van der Waals surface area contributed by atoms with Crippen molar-refractivity contribution in [1.29, 1.82) is 0 Å². The second-order valence-corrected chi connectivity index (χ2v) is 6.43. The summed E-state index contributed by atoms with van der Waals surface area (Å²) in [5, 5.41) is 4.54. The van der Waals surface area contributed by atoms with Crippen LogP contribution >= 0.6 is 11.6 Å². The number of anilines is 1. The molecule has 0 aliphatic heterocycles. The highest BCUT2D eigenvalue weighted by atomic mass is 35.5. The van der Waals surface area contributed by atoms with Crippen molar-refractivity contribution < 1.29 is 32.2 Å². The van der Waals surface area contributed by atoms with Crippen LogP contribution in [0.4, 0.5) is 18.9 Å². The first-order valence-corrected chi connectivity index (χ1v) is 9.46. The number of benzene rings is 2. The number of ether oxygens (including phenoxy) is 2. The van der Waals surface area contributed by atoms with E-state index in [1.807, 2.05) is 6.92 Å². The fraction of sp³-hybridized carbons (Fsp3) is 0.300. The molecule has 0 aliphatic carbocycles. The Bertz CT molecular complexity index is 941. The third-order valence-electron chi connectivity index (χ3n) is 3.74. The van der Waals surface area contributed by atoms with E-state index >= 15 is 0 Å². The van der Waals surface area contributed by atoms with Crippen molar-refractivity contribution in [3.8, 4) is 11.5 Å². The standard InChI is InChI=1S/C20H20ClF3N2O4/c1-3-7-30-19-12(21)8-11(9-15(19)29-4-2)20(28)25-10-16(27)26-14-6-5-13(22)17(23)18(14)24/h5-6,8-9H,3-4,7,10H2,1-2H3,(H,25,28)(H,26,27). The molecule has 162 valence electrons. The number of hydrogen-bond acceptors (Lipinski definition) is 4. The third-order valence-corrected chi connectivity index (χ3v) is 4.02.